The molecule has 1 saturated heterocycles. The highest BCUT2D eigenvalue weighted by Crippen LogP contribution is 2.38. The number of anilines is 1. The van der Waals surface area contributed by atoms with Crippen LogP contribution in [0.15, 0.2) is 79.0 Å². The first-order chi connectivity index (χ1) is 19.2. The minimum Gasteiger partial charge on any atom is -0.492 e. The van der Waals surface area contributed by atoms with Crippen LogP contribution in [0.3, 0.4) is 0 Å². The largest absolute Gasteiger partial charge is 0.492 e. The second kappa shape index (κ2) is 13.3. The first kappa shape index (κ1) is 26.8. The smallest absolute Gasteiger partial charge is 0.319 e. The summed E-state index contributed by atoms with van der Waals surface area (Å²) < 4.78 is 12.1. The van der Waals surface area contributed by atoms with E-state index in [1.165, 1.54) is 32.4 Å². The van der Waals surface area contributed by atoms with Crippen LogP contribution < -0.4 is 20.1 Å². The number of halogens is 1. The van der Waals surface area contributed by atoms with E-state index in [1.54, 1.807) is 12.3 Å². The Morgan fingerprint density at radius 3 is 2.46 bits per heavy atom. The molecule has 2 N–H and O–H groups in total. The first-order valence-corrected chi connectivity index (χ1v) is 13.8. The number of likely N-dealkylation sites (tertiary alicyclic amines) is 1. The SMILES string of the molecule is O=C(NCc1ccccn1)Nc1c(Cl)cc(OCc2ccc(OCCN3CCCCC3)cc2)c2ccccc12. The highest BCUT2D eigenvalue weighted by molar-refractivity contribution is 6.36. The molecule has 0 bridgehead atoms. The van der Waals surface area contributed by atoms with Crippen molar-refractivity contribution in [1.82, 2.24) is 15.2 Å². The summed E-state index contributed by atoms with van der Waals surface area (Å²) in [6.45, 7) is 4.71. The van der Waals surface area contributed by atoms with Crippen LogP contribution in [-0.4, -0.2) is 42.2 Å². The predicted molar refractivity (Wildman–Crippen MR) is 156 cm³/mol. The number of pyridine rings is 1. The molecule has 0 atom stereocenters. The molecule has 1 fully saturated rings. The number of carbonyl (C=O) groups is 1. The van der Waals surface area contributed by atoms with Crippen molar-refractivity contribution in [1.29, 1.82) is 0 Å². The van der Waals surface area contributed by atoms with Crippen molar-refractivity contribution < 1.29 is 14.3 Å². The number of hydrogen-bond donors (Lipinski definition) is 2. The maximum Gasteiger partial charge on any atom is 0.319 e. The van der Waals surface area contributed by atoms with E-state index in [1.807, 2.05) is 66.7 Å². The maximum atomic E-state index is 12.6. The summed E-state index contributed by atoms with van der Waals surface area (Å²) in [4.78, 5) is 19.3. The van der Waals surface area contributed by atoms with Gasteiger partial charge in [-0.05, 0) is 55.8 Å². The molecule has 39 heavy (non-hydrogen) atoms. The Bertz CT molecular complexity index is 1380. The van der Waals surface area contributed by atoms with E-state index < -0.39 is 0 Å². The summed E-state index contributed by atoms with van der Waals surface area (Å²) in [6, 6.07) is 22.7. The summed E-state index contributed by atoms with van der Waals surface area (Å²) in [5, 5.41) is 7.76. The number of urea groups is 1. The van der Waals surface area contributed by atoms with Crippen LogP contribution in [0.1, 0.15) is 30.5 Å². The Balaban J connectivity index is 1.19. The van der Waals surface area contributed by atoms with E-state index in [9.17, 15) is 4.79 Å². The number of fused-ring (bicyclic) bond motifs is 1. The van der Waals surface area contributed by atoms with Crippen molar-refractivity contribution in [2.75, 3.05) is 31.6 Å². The summed E-state index contributed by atoms with van der Waals surface area (Å²) in [5.74, 6) is 1.51. The third kappa shape index (κ3) is 7.40. The van der Waals surface area contributed by atoms with Gasteiger partial charge >= 0.3 is 6.03 Å². The molecule has 0 radical (unpaired) electrons. The Hall–Kier alpha value is -3.81. The molecule has 1 aliphatic rings. The van der Waals surface area contributed by atoms with Crippen LogP contribution in [0.5, 0.6) is 11.5 Å². The molecule has 0 unspecified atom stereocenters. The van der Waals surface area contributed by atoms with Gasteiger partial charge < -0.3 is 20.1 Å². The van der Waals surface area contributed by atoms with E-state index in [-0.39, 0.29) is 6.03 Å². The first-order valence-electron chi connectivity index (χ1n) is 13.4. The van der Waals surface area contributed by atoms with Gasteiger partial charge in [0.25, 0.3) is 0 Å². The van der Waals surface area contributed by atoms with Gasteiger partial charge in [-0.25, -0.2) is 4.79 Å². The van der Waals surface area contributed by atoms with Crippen LogP contribution in [0.2, 0.25) is 5.02 Å². The van der Waals surface area contributed by atoms with Gasteiger partial charge in [0.05, 0.1) is 22.9 Å². The summed E-state index contributed by atoms with van der Waals surface area (Å²) in [6.07, 6.45) is 5.61. The molecule has 1 aliphatic heterocycles. The van der Waals surface area contributed by atoms with Crippen molar-refractivity contribution in [3.8, 4) is 11.5 Å². The molecule has 7 nitrogen and oxygen atoms in total. The molecule has 0 aliphatic carbocycles. The van der Waals surface area contributed by atoms with Crippen molar-refractivity contribution >= 4 is 34.1 Å². The lowest BCUT2D eigenvalue weighted by Crippen LogP contribution is -2.33. The number of benzene rings is 3. The molecule has 2 amide bonds. The number of hydrogen-bond acceptors (Lipinski definition) is 5. The zero-order valence-electron chi connectivity index (χ0n) is 21.9. The lowest BCUT2D eigenvalue weighted by Gasteiger charge is -2.26. The quantitative estimate of drug-likeness (QED) is 0.234. The number of rotatable bonds is 10. The van der Waals surface area contributed by atoms with E-state index in [0.717, 1.165) is 34.3 Å². The third-order valence-corrected chi connectivity index (χ3v) is 7.09. The molecule has 2 heterocycles. The van der Waals surface area contributed by atoms with Gasteiger partial charge in [0, 0.05) is 29.6 Å². The Labute approximate surface area is 234 Å². The molecule has 1 aromatic heterocycles. The summed E-state index contributed by atoms with van der Waals surface area (Å²) in [7, 11) is 0. The second-order valence-corrected chi connectivity index (χ2v) is 10.00. The Morgan fingerprint density at radius 2 is 1.69 bits per heavy atom. The number of carbonyl (C=O) groups excluding carboxylic acids is 1. The second-order valence-electron chi connectivity index (χ2n) is 9.59. The molecule has 0 spiro atoms. The fourth-order valence-electron chi connectivity index (χ4n) is 4.71. The molecular weight excluding hydrogens is 512 g/mol. The van der Waals surface area contributed by atoms with Gasteiger partial charge in [-0.1, -0.05) is 60.5 Å². The van der Waals surface area contributed by atoms with E-state index >= 15 is 0 Å². The maximum absolute atomic E-state index is 12.6. The predicted octanol–water partition coefficient (Wildman–Crippen LogP) is 6.65. The molecule has 0 saturated carbocycles. The zero-order valence-corrected chi connectivity index (χ0v) is 22.6. The highest BCUT2D eigenvalue weighted by atomic mass is 35.5. The van der Waals surface area contributed by atoms with E-state index in [2.05, 4.69) is 20.5 Å². The monoisotopic (exact) mass is 544 g/mol. The molecule has 3 aromatic carbocycles. The average Bonchev–Trinajstić information content (AvgIpc) is 2.98. The standard InChI is InChI=1S/C31H33ClN4O3/c32-28-20-29(39-22-23-11-13-25(14-12-23)38-19-18-36-16-6-1-7-17-36)26-9-2-3-10-27(26)30(28)35-31(37)34-21-24-8-4-5-15-33-24/h2-5,8-15,20H,1,6-7,16-19,21-22H2,(H2,34,35,37). The van der Waals surface area contributed by atoms with Crippen molar-refractivity contribution in [3.05, 3.63) is 95.3 Å². The molecule has 4 aromatic rings. The minimum atomic E-state index is -0.361. The van der Waals surface area contributed by atoms with E-state index in [4.69, 9.17) is 21.1 Å². The van der Waals surface area contributed by atoms with Crippen LogP contribution >= 0.6 is 11.6 Å². The topological polar surface area (TPSA) is 75.7 Å². The van der Waals surface area contributed by atoms with Crippen molar-refractivity contribution in [3.63, 3.8) is 0 Å². The zero-order chi connectivity index (χ0) is 26.9. The van der Waals surface area contributed by atoms with Crippen molar-refractivity contribution in [2.45, 2.75) is 32.4 Å². The van der Waals surface area contributed by atoms with Crippen LogP contribution in [0.4, 0.5) is 10.5 Å². The number of aromatic nitrogens is 1. The summed E-state index contributed by atoms with van der Waals surface area (Å²) in [5.41, 5.74) is 2.32. The summed E-state index contributed by atoms with van der Waals surface area (Å²) >= 11 is 6.62. The van der Waals surface area contributed by atoms with Gasteiger partial charge in [0.2, 0.25) is 0 Å². The van der Waals surface area contributed by atoms with Crippen LogP contribution in [0, 0.1) is 0 Å². The normalized spacial score (nSPS) is 13.7. The van der Waals surface area contributed by atoms with Crippen LogP contribution in [0.25, 0.3) is 10.8 Å². The molecule has 5 rings (SSSR count). The number of ether oxygens (including phenoxy) is 2. The minimum absolute atomic E-state index is 0.311. The van der Waals surface area contributed by atoms with E-state index in [0.29, 0.717) is 36.2 Å². The molecule has 202 valence electrons. The number of piperidine rings is 1. The Kier molecular flexibility index (Phi) is 9.14. The van der Waals surface area contributed by atoms with Crippen LogP contribution in [-0.2, 0) is 13.2 Å². The van der Waals surface area contributed by atoms with Crippen molar-refractivity contribution in [2.24, 2.45) is 0 Å². The lowest BCUT2D eigenvalue weighted by molar-refractivity contribution is 0.183. The van der Waals surface area contributed by atoms with Gasteiger partial charge in [0.15, 0.2) is 0 Å². The fourth-order valence-corrected chi connectivity index (χ4v) is 4.95. The number of nitrogens with zero attached hydrogens (tertiary/aromatic N) is 2. The number of amides is 2. The lowest BCUT2D eigenvalue weighted by atomic mass is 10.1. The van der Waals surface area contributed by atoms with Gasteiger partial charge in [-0.2, -0.15) is 0 Å². The Morgan fingerprint density at radius 1 is 0.923 bits per heavy atom. The fraction of sp³-hybridized carbons (Fsp3) is 0.290. The molecule has 8 heteroatoms. The average molecular weight is 545 g/mol. The van der Waals surface area contributed by atoms with Gasteiger partial charge in [-0.3, -0.25) is 9.88 Å². The molecular formula is C31H33ClN4O3. The van der Waals surface area contributed by atoms with Gasteiger partial charge in [-0.15, -0.1) is 0 Å². The van der Waals surface area contributed by atoms with Gasteiger partial charge in [0.1, 0.15) is 24.7 Å². The highest BCUT2D eigenvalue weighted by Gasteiger charge is 2.15. The number of nitrogens with one attached hydrogen (secondary N) is 2. The third-order valence-electron chi connectivity index (χ3n) is 6.80.